The molecule has 2 heterocycles. The molecule has 32 heavy (non-hydrogen) atoms. The molecule has 0 atom stereocenters. The third kappa shape index (κ3) is 4.76. The van der Waals surface area contributed by atoms with E-state index in [9.17, 15) is 4.79 Å². The van der Waals surface area contributed by atoms with E-state index in [1.54, 1.807) is 42.7 Å². The molecule has 164 valence electrons. The van der Waals surface area contributed by atoms with E-state index in [4.69, 9.17) is 10.8 Å². The van der Waals surface area contributed by atoms with Crippen LogP contribution < -0.4 is 21.7 Å². The van der Waals surface area contributed by atoms with E-state index in [0.29, 0.717) is 52.8 Å². The molecule has 0 aliphatic rings. The second-order valence-electron chi connectivity index (χ2n) is 7.21. The minimum atomic E-state index is -0.387. The van der Waals surface area contributed by atoms with Crippen LogP contribution in [0.2, 0.25) is 0 Å². The summed E-state index contributed by atoms with van der Waals surface area (Å²) in [6.07, 6.45) is 2.27. The Morgan fingerprint density at radius 2 is 1.84 bits per heavy atom. The van der Waals surface area contributed by atoms with Crippen molar-refractivity contribution < 1.29 is 9.90 Å². The van der Waals surface area contributed by atoms with Crippen molar-refractivity contribution in [3.05, 3.63) is 54.9 Å². The summed E-state index contributed by atoms with van der Waals surface area (Å²) in [5.41, 5.74) is 9.58. The largest absolute Gasteiger partial charge is 0.399 e. The first-order valence-electron chi connectivity index (χ1n) is 10.1. The first kappa shape index (κ1) is 21.1. The molecule has 2 amide bonds. The van der Waals surface area contributed by atoms with Crippen LogP contribution in [0.3, 0.4) is 0 Å². The highest BCUT2D eigenvalue weighted by Gasteiger charge is 2.14. The van der Waals surface area contributed by atoms with Crippen LogP contribution in [-0.4, -0.2) is 43.8 Å². The normalized spacial score (nSPS) is 10.8. The zero-order valence-electron chi connectivity index (χ0n) is 17.5. The van der Waals surface area contributed by atoms with Gasteiger partial charge in [0.25, 0.3) is 0 Å². The molecular formula is C22H24N8O2. The molecule has 4 aromatic rings. The molecule has 0 fully saturated rings. The number of rotatable bonds is 7. The Balaban J connectivity index is 1.58. The minimum Gasteiger partial charge on any atom is -0.399 e. The number of hydrogen-bond acceptors (Lipinski definition) is 7. The molecule has 6 N–H and O–H groups in total. The van der Waals surface area contributed by atoms with Crippen LogP contribution in [0, 0.1) is 0 Å². The predicted molar refractivity (Wildman–Crippen MR) is 125 cm³/mol. The predicted octanol–water partition coefficient (Wildman–Crippen LogP) is 3.05. The van der Waals surface area contributed by atoms with Gasteiger partial charge in [-0.2, -0.15) is 0 Å². The standard InChI is InChI=1S/C22H24N8O2/c1-30-13-25-18-20(24-9-4-10-31)28-19(29-21(18)30)14-5-2-7-16(11-14)26-22(32)27-17-8-3-6-15(23)12-17/h2-3,5-8,11-13,31H,4,9-10,23H2,1H3,(H,24,28,29)(H2,26,27,32). The van der Waals surface area contributed by atoms with Gasteiger partial charge in [0, 0.05) is 42.8 Å². The number of amides is 2. The van der Waals surface area contributed by atoms with Gasteiger partial charge in [-0.25, -0.2) is 19.7 Å². The number of imidazole rings is 1. The molecule has 0 spiro atoms. The van der Waals surface area contributed by atoms with Gasteiger partial charge in [0.2, 0.25) is 0 Å². The average Bonchev–Trinajstić information content (AvgIpc) is 3.15. The highest BCUT2D eigenvalue weighted by Crippen LogP contribution is 2.25. The number of nitrogen functional groups attached to an aromatic ring is 1. The summed E-state index contributed by atoms with van der Waals surface area (Å²) < 4.78 is 1.82. The zero-order chi connectivity index (χ0) is 22.5. The number of nitrogens with one attached hydrogen (secondary N) is 3. The highest BCUT2D eigenvalue weighted by molar-refractivity contribution is 6.00. The SMILES string of the molecule is Cn1cnc2c(NCCCO)nc(-c3cccc(NC(=O)Nc4cccc(N)c4)c3)nc21. The Morgan fingerprint density at radius 1 is 1.09 bits per heavy atom. The van der Waals surface area contributed by atoms with Crippen LogP contribution in [-0.2, 0) is 7.05 Å². The number of hydrogen-bond donors (Lipinski definition) is 5. The number of aryl methyl sites for hydroxylation is 1. The van der Waals surface area contributed by atoms with Crippen molar-refractivity contribution in [2.45, 2.75) is 6.42 Å². The van der Waals surface area contributed by atoms with Gasteiger partial charge >= 0.3 is 6.03 Å². The first-order chi connectivity index (χ1) is 15.5. The van der Waals surface area contributed by atoms with Crippen molar-refractivity contribution in [2.24, 2.45) is 7.05 Å². The maximum absolute atomic E-state index is 12.4. The molecule has 0 bridgehead atoms. The maximum atomic E-state index is 12.4. The van der Waals surface area contributed by atoms with E-state index in [1.165, 1.54) is 0 Å². The van der Waals surface area contributed by atoms with Crippen molar-refractivity contribution in [2.75, 3.05) is 34.8 Å². The van der Waals surface area contributed by atoms with Gasteiger partial charge in [-0.3, -0.25) is 0 Å². The highest BCUT2D eigenvalue weighted by atomic mass is 16.3. The molecule has 0 aliphatic carbocycles. The van der Waals surface area contributed by atoms with Crippen LogP contribution in [0.5, 0.6) is 0 Å². The Kier molecular flexibility index (Phi) is 6.13. The topological polar surface area (TPSA) is 143 Å². The summed E-state index contributed by atoms with van der Waals surface area (Å²) in [5, 5.41) is 17.8. The summed E-state index contributed by atoms with van der Waals surface area (Å²) in [6, 6.07) is 13.8. The van der Waals surface area contributed by atoms with Gasteiger partial charge in [-0.05, 0) is 36.8 Å². The third-order valence-electron chi connectivity index (χ3n) is 4.71. The summed E-state index contributed by atoms with van der Waals surface area (Å²) in [4.78, 5) is 26.0. The van der Waals surface area contributed by atoms with E-state index in [1.807, 2.05) is 23.7 Å². The zero-order valence-corrected chi connectivity index (χ0v) is 17.5. The van der Waals surface area contributed by atoms with Crippen LogP contribution >= 0.6 is 0 Å². The van der Waals surface area contributed by atoms with E-state index >= 15 is 0 Å². The summed E-state index contributed by atoms with van der Waals surface area (Å²) >= 11 is 0. The molecular weight excluding hydrogens is 408 g/mol. The number of urea groups is 1. The van der Waals surface area contributed by atoms with Crippen molar-refractivity contribution in [1.29, 1.82) is 0 Å². The van der Waals surface area contributed by atoms with Crippen LogP contribution in [0.15, 0.2) is 54.9 Å². The Bertz CT molecular complexity index is 1250. The first-order valence-corrected chi connectivity index (χ1v) is 10.1. The van der Waals surface area contributed by atoms with E-state index in [0.717, 1.165) is 5.56 Å². The molecule has 2 aromatic heterocycles. The fourth-order valence-corrected chi connectivity index (χ4v) is 3.19. The Labute approximate surface area is 184 Å². The van der Waals surface area contributed by atoms with Gasteiger partial charge in [-0.1, -0.05) is 18.2 Å². The molecule has 0 radical (unpaired) electrons. The number of benzene rings is 2. The Morgan fingerprint density at radius 3 is 2.59 bits per heavy atom. The van der Waals surface area contributed by atoms with Crippen molar-refractivity contribution >= 4 is 40.1 Å². The number of aliphatic hydroxyl groups is 1. The van der Waals surface area contributed by atoms with E-state index in [-0.39, 0.29) is 12.6 Å². The van der Waals surface area contributed by atoms with Crippen molar-refractivity contribution in [3.8, 4) is 11.4 Å². The lowest BCUT2D eigenvalue weighted by atomic mass is 10.2. The summed E-state index contributed by atoms with van der Waals surface area (Å²) in [7, 11) is 1.86. The monoisotopic (exact) mass is 432 g/mol. The number of anilines is 4. The molecule has 2 aromatic carbocycles. The average molecular weight is 432 g/mol. The van der Waals surface area contributed by atoms with Crippen LogP contribution in [0.1, 0.15) is 6.42 Å². The van der Waals surface area contributed by atoms with E-state index in [2.05, 4.69) is 30.9 Å². The van der Waals surface area contributed by atoms with E-state index < -0.39 is 0 Å². The quantitative estimate of drug-likeness (QED) is 0.223. The summed E-state index contributed by atoms with van der Waals surface area (Å²) in [6.45, 7) is 0.645. The fraction of sp³-hybridized carbons (Fsp3) is 0.182. The van der Waals surface area contributed by atoms with Crippen LogP contribution in [0.4, 0.5) is 27.7 Å². The second kappa shape index (κ2) is 9.31. The molecule has 0 unspecified atom stereocenters. The lowest BCUT2D eigenvalue weighted by Crippen LogP contribution is -2.19. The smallest absolute Gasteiger partial charge is 0.323 e. The molecule has 10 heteroatoms. The lowest BCUT2D eigenvalue weighted by Gasteiger charge is -2.11. The van der Waals surface area contributed by atoms with Gasteiger partial charge in [-0.15, -0.1) is 0 Å². The van der Waals surface area contributed by atoms with Gasteiger partial charge in [0.15, 0.2) is 17.3 Å². The number of aromatic nitrogens is 4. The molecule has 0 saturated heterocycles. The lowest BCUT2D eigenvalue weighted by molar-refractivity contribution is 0.262. The fourth-order valence-electron chi connectivity index (χ4n) is 3.19. The van der Waals surface area contributed by atoms with Gasteiger partial charge in [0.1, 0.15) is 5.52 Å². The molecule has 10 nitrogen and oxygen atoms in total. The minimum absolute atomic E-state index is 0.0850. The van der Waals surface area contributed by atoms with Gasteiger partial charge in [0.05, 0.1) is 6.33 Å². The second-order valence-corrected chi connectivity index (χ2v) is 7.21. The summed E-state index contributed by atoms with van der Waals surface area (Å²) in [5.74, 6) is 1.09. The molecule has 4 rings (SSSR count). The van der Waals surface area contributed by atoms with Crippen molar-refractivity contribution in [3.63, 3.8) is 0 Å². The van der Waals surface area contributed by atoms with Crippen LogP contribution in [0.25, 0.3) is 22.6 Å². The molecule has 0 saturated carbocycles. The number of aliphatic hydroxyl groups excluding tert-OH is 1. The number of fused-ring (bicyclic) bond motifs is 1. The molecule has 0 aliphatic heterocycles. The van der Waals surface area contributed by atoms with Gasteiger partial charge < -0.3 is 31.4 Å². The number of nitrogens with zero attached hydrogens (tertiary/aromatic N) is 4. The van der Waals surface area contributed by atoms with Crippen molar-refractivity contribution in [1.82, 2.24) is 19.5 Å². The maximum Gasteiger partial charge on any atom is 0.323 e. The number of carbonyl (C=O) groups is 1. The Hall–Kier alpha value is -4.18. The number of carbonyl (C=O) groups excluding carboxylic acids is 1. The number of nitrogens with two attached hydrogens (primary N) is 1. The third-order valence-corrected chi connectivity index (χ3v) is 4.71.